The van der Waals surface area contributed by atoms with Gasteiger partial charge >= 0.3 is 0 Å². The quantitative estimate of drug-likeness (QED) is 0.663. The summed E-state index contributed by atoms with van der Waals surface area (Å²) in [6, 6.07) is 4.97. The lowest BCUT2D eigenvalue weighted by Gasteiger charge is -1.92. The molecule has 0 radical (unpaired) electrons. The summed E-state index contributed by atoms with van der Waals surface area (Å²) in [4.78, 5) is 3.89. The first-order valence-corrected chi connectivity index (χ1v) is 3.72. The topological polar surface area (TPSA) is 70.0 Å². The molecule has 1 atom stereocenters. The van der Waals surface area contributed by atoms with Crippen molar-refractivity contribution in [2.24, 2.45) is 0 Å². The molecule has 0 saturated heterocycles. The molecule has 0 fully saturated rings. The molecule has 0 amide bonds. The van der Waals surface area contributed by atoms with Crippen molar-refractivity contribution in [2.75, 3.05) is 0 Å². The van der Waals surface area contributed by atoms with Gasteiger partial charge in [0.05, 0.1) is 0 Å². The van der Waals surface area contributed by atoms with Crippen LogP contribution in [0.4, 0.5) is 0 Å². The molecule has 2 aromatic rings. The van der Waals surface area contributed by atoms with Crippen molar-refractivity contribution in [3.8, 4) is 6.07 Å². The van der Waals surface area contributed by atoms with Gasteiger partial charge < -0.3 is 9.52 Å². The molecule has 0 unspecified atom stereocenters. The van der Waals surface area contributed by atoms with Gasteiger partial charge in [-0.3, -0.25) is 4.98 Å². The molecule has 4 heteroatoms. The average molecular weight is 174 g/mol. The molecule has 0 spiro atoms. The van der Waals surface area contributed by atoms with Gasteiger partial charge in [-0.1, -0.05) is 0 Å². The van der Waals surface area contributed by atoms with E-state index in [9.17, 15) is 0 Å². The van der Waals surface area contributed by atoms with Gasteiger partial charge in [-0.15, -0.1) is 0 Å². The Hall–Kier alpha value is -1.86. The molecule has 0 aliphatic rings. The van der Waals surface area contributed by atoms with Crippen LogP contribution in [0.2, 0.25) is 0 Å². The maximum Gasteiger partial charge on any atom is 0.198 e. The summed E-state index contributed by atoms with van der Waals surface area (Å²) < 4.78 is 5.21. The van der Waals surface area contributed by atoms with Gasteiger partial charge in [-0.05, 0) is 12.1 Å². The normalized spacial score (nSPS) is 12.6. The lowest BCUT2D eigenvalue weighted by Crippen LogP contribution is -1.88. The second kappa shape index (κ2) is 2.88. The number of aliphatic hydroxyl groups is 1. The number of hydrogen-bond donors (Lipinski definition) is 1. The highest BCUT2D eigenvalue weighted by Gasteiger charge is 2.11. The van der Waals surface area contributed by atoms with E-state index in [1.165, 1.54) is 0 Å². The highest BCUT2D eigenvalue weighted by Crippen LogP contribution is 2.22. The van der Waals surface area contributed by atoms with E-state index in [0.29, 0.717) is 5.58 Å². The third kappa shape index (κ3) is 1.25. The van der Waals surface area contributed by atoms with Crippen molar-refractivity contribution < 1.29 is 9.52 Å². The predicted octanol–water partition coefficient (Wildman–Crippen LogP) is 1.38. The number of rotatable bonds is 1. The molecule has 0 aliphatic carbocycles. The maximum absolute atomic E-state index is 9.16. The Morgan fingerprint density at radius 2 is 2.46 bits per heavy atom. The molecular formula is C9H6N2O2. The molecule has 0 saturated carbocycles. The summed E-state index contributed by atoms with van der Waals surface area (Å²) in [6.45, 7) is 0. The third-order valence-corrected chi connectivity index (χ3v) is 1.73. The van der Waals surface area contributed by atoms with E-state index in [4.69, 9.17) is 14.8 Å². The maximum atomic E-state index is 9.16. The first-order chi connectivity index (χ1) is 6.31. The zero-order valence-electron chi connectivity index (χ0n) is 6.64. The summed E-state index contributed by atoms with van der Waals surface area (Å²) in [5.41, 5.74) is 0.624. The van der Waals surface area contributed by atoms with Crippen molar-refractivity contribution in [3.63, 3.8) is 0 Å². The molecular weight excluding hydrogens is 168 g/mol. The fraction of sp³-hybridized carbons (Fsp3) is 0.111. The van der Waals surface area contributed by atoms with Crippen LogP contribution < -0.4 is 0 Å². The summed E-state index contributed by atoms with van der Waals surface area (Å²) in [5.74, 6) is 0.255. The van der Waals surface area contributed by atoms with Gasteiger partial charge in [0.25, 0.3) is 0 Å². The second-order valence-corrected chi connectivity index (χ2v) is 2.59. The average Bonchev–Trinajstić information content (AvgIpc) is 2.59. The number of nitrogens with zero attached hydrogens (tertiary/aromatic N) is 2. The Morgan fingerprint density at radius 1 is 1.62 bits per heavy atom. The standard InChI is InChI=1S/C9H6N2O2/c10-4-7(12)9-3-6-5-11-2-1-8(6)13-9/h1-3,5,7,12H/t7-/m1/s1. The minimum atomic E-state index is -1.20. The number of aliphatic hydroxyl groups excluding tert-OH is 1. The minimum Gasteiger partial charge on any atom is -0.457 e. The summed E-state index contributed by atoms with van der Waals surface area (Å²) in [5, 5.41) is 18.4. The van der Waals surface area contributed by atoms with Crippen LogP contribution in [0.1, 0.15) is 11.9 Å². The molecule has 64 valence electrons. The molecule has 0 aromatic carbocycles. The van der Waals surface area contributed by atoms with E-state index in [1.807, 2.05) is 0 Å². The molecule has 13 heavy (non-hydrogen) atoms. The van der Waals surface area contributed by atoms with Crippen LogP contribution in [0.5, 0.6) is 0 Å². The lowest BCUT2D eigenvalue weighted by atomic mass is 10.2. The number of hydrogen-bond acceptors (Lipinski definition) is 4. The van der Waals surface area contributed by atoms with Crippen molar-refractivity contribution in [1.29, 1.82) is 5.26 Å². The SMILES string of the molecule is N#C[C@@H](O)c1cc2cnccc2o1. The van der Waals surface area contributed by atoms with Crippen LogP contribution in [-0.4, -0.2) is 10.1 Å². The molecule has 2 heterocycles. The van der Waals surface area contributed by atoms with E-state index < -0.39 is 6.10 Å². The van der Waals surface area contributed by atoms with Crippen molar-refractivity contribution in [3.05, 3.63) is 30.3 Å². The van der Waals surface area contributed by atoms with Crippen LogP contribution in [0.3, 0.4) is 0 Å². The Balaban J connectivity index is 2.57. The van der Waals surface area contributed by atoms with Gasteiger partial charge in [0.15, 0.2) is 6.10 Å². The predicted molar refractivity (Wildman–Crippen MR) is 44.6 cm³/mol. The number of aromatic nitrogens is 1. The highest BCUT2D eigenvalue weighted by atomic mass is 16.4. The Bertz CT molecular complexity index is 437. The fourth-order valence-corrected chi connectivity index (χ4v) is 1.10. The molecule has 0 aliphatic heterocycles. The number of nitriles is 1. The second-order valence-electron chi connectivity index (χ2n) is 2.59. The van der Waals surface area contributed by atoms with E-state index in [-0.39, 0.29) is 5.76 Å². The smallest absolute Gasteiger partial charge is 0.198 e. The third-order valence-electron chi connectivity index (χ3n) is 1.73. The number of pyridine rings is 1. The number of fused-ring (bicyclic) bond motifs is 1. The first-order valence-electron chi connectivity index (χ1n) is 3.72. The van der Waals surface area contributed by atoms with Gasteiger partial charge in [0, 0.05) is 17.8 Å². The number of furan rings is 1. The largest absolute Gasteiger partial charge is 0.457 e. The molecule has 2 aromatic heterocycles. The van der Waals surface area contributed by atoms with Crippen molar-refractivity contribution >= 4 is 11.0 Å². The monoisotopic (exact) mass is 174 g/mol. The first kappa shape index (κ1) is 7.77. The Labute approximate surface area is 74.0 Å². The summed E-state index contributed by atoms with van der Waals surface area (Å²) in [7, 11) is 0. The van der Waals surface area contributed by atoms with E-state index in [1.54, 1.807) is 30.6 Å². The molecule has 2 rings (SSSR count). The van der Waals surface area contributed by atoms with E-state index >= 15 is 0 Å². The van der Waals surface area contributed by atoms with Gasteiger partial charge in [-0.2, -0.15) is 5.26 Å². The van der Waals surface area contributed by atoms with E-state index in [2.05, 4.69) is 4.98 Å². The van der Waals surface area contributed by atoms with Gasteiger partial charge in [0.2, 0.25) is 0 Å². The Morgan fingerprint density at radius 3 is 3.15 bits per heavy atom. The van der Waals surface area contributed by atoms with E-state index in [0.717, 1.165) is 5.39 Å². The summed E-state index contributed by atoms with van der Waals surface area (Å²) >= 11 is 0. The zero-order valence-corrected chi connectivity index (χ0v) is 6.64. The van der Waals surface area contributed by atoms with Gasteiger partial charge in [-0.25, -0.2) is 0 Å². The Kier molecular flexibility index (Phi) is 1.72. The van der Waals surface area contributed by atoms with Crippen LogP contribution in [0.15, 0.2) is 28.9 Å². The van der Waals surface area contributed by atoms with Crippen LogP contribution in [-0.2, 0) is 0 Å². The van der Waals surface area contributed by atoms with Crippen molar-refractivity contribution in [2.45, 2.75) is 6.10 Å². The van der Waals surface area contributed by atoms with Crippen molar-refractivity contribution in [1.82, 2.24) is 4.98 Å². The molecule has 1 N–H and O–H groups in total. The van der Waals surface area contributed by atoms with Crippen LogP contribution in [0, 0.1) is 11.3 Å². The molecule has 4 nitrogen and oxygen atoms in total. The lowest BCUT2D eigenvalue weighted by molar-refractivity contribution is 0.207. The summed E-state index contributed by atoms with van der Waals surface area (Å²) in [6.07, 6.45) is 2.01. The highest BCUT2D eigenvalue weighted by molar-refractivity contribution is 5.76. The zero-order chi connectivity index (χ0) is 9.26. The van der Waals surface area contributed by atoms with Gasteiger partial charge in [0.1, 0.15) is 17.4 Å². The van der Waals surface area contributed by atoms with Crippen LogP contribution >= 0.6 is 0 Å². The van der Waals surface area contributed by atoms with Crippen LogP contribution in [0.25, 0.3) is 11.0 Å². The minimum absolute atomic E-state index is 0.255. The molecule has 0 bridgehead atoms. The fourth-order valence-electron chi connectivity index (χ4n) is 1.10.